The van der Waals surface area contributed by atoms with Crippen LogP contribution in [0.4, 0.5) is 0 Å². The second-order valence-electron chi connectivity index (χ2n) is 2.20. The van der Waals surface area contributed by atoms with Gasteiger partial charge in [0, 0.05) is 18.8 Å². The summed E-state index contributed by atoms with van der Waals surface area (Å²) >= 11 is 0. The molecule has 1 N–H and O–H groups in total. The SMILES string of the molecule is C#CCC(O)c1ccncc1. The molecular formula is C9H9NO. The van der Waals surface area contributed by atoms with E-state index in [2.05, 4.69) is 10.9 Å². The van der Waals surface area contributed by atoms with Crippen molar-refractivity contribution in [2.45, 2.75) is 12.5 Å². The van der Waals surface area contributed by atoms with Crippen molar-refractivity contribution in [1.29, 1.82) is 0 Å². The third-order valence-electron chi connectivity index (χ3n) is 1.40. The van der Waals surface area contributed by atoms with Gasteiger partial charge in [0.05, 0.1) is 6.10 Å². The highest BCUT2D eigenvalue weighted by Gasteiger charge is 2.03. The number of aromatic nitrogens is 1. The predicted octanol–water partition coefficient (Wildman–Crippen LogP) is 1.14. The minimum Gasteiger partial charge on any atom is -0.387 e. The first-order chi connectivity index (χ1) is 5.34. The van der Waals surface area contributed by atoms with E-state index < -0.39 is 6.10 Å². The molecule has 56 valence electrons. The van der Waals surface area contributed by atoms with Crippen LogP contribution in [0.5, 0.6) is 0 Å². The van der Waals surface area contributed by atoms with Crippen LogP contribution in [-0.4, -0.2) is 10.1 Å². The lowest BCUT2D eigenvalue weighted by Gasteiger charge is -2.04. The van der Waals surface area contributed by atoms with Gasteiger partial charge in [0.2, 0.25) is 0 Å². The molecule has 1 heterocycles. The van der Waals surface area contributed by atoms with Crippen LogP contribution in [0, 0.1) is 12.3 Å². The molecule has 1 aromatic heterocycles. The van der Waals surface area contributed by atoms with E-state index in [1.807, 2.05) is 0 Å². The molecule has 2 heteroatoms. The Bertz CT molecular complexity index is 250. The monoisotopic (exact) mass is 147 g/mol. The summed E-state index contributed by atoms with van der Waals surface area (Å²) in [6.45, 7) is 0. The van der Waals surface area contributed by atoms with Crippen molar-refractivity contribution in [2.24, 2.45) is 0 Å². The zero-order chi connectivity index (χ0) is 8.10. The maximum absolute atomic E-state index is 9.35. The van der Waals surface area contributed by atoms with Gasteiger partial charge in [0.1, 0.15) is 0 Å². The standard InChI is InChI=1S/C9H9NO/c1-2-3-9(11)8-4-6-10-7-5-8/h1,4-7,9,11H,3H2. The Morgan fingerprint density at radius 2 is 2.18 bits per heavy atom. The lowest BCUT2D eigenvalue weighted by molar-refractivity contribution is 0.184. The van der Waals surface area contributed by atoms with E-state index in [1.165, 1.54) is 0 Å². The van der Waals surface area contributed by atoms with Crippen LogP contribution in [0.2, 0.25) is 0 Å². The van der Waals surface area contributed by atoms with Gasteiger partial charge in [-0.25, -0.2) is 0 Å². The van der Waals surface area contributed by atoms with E-state index in [-0.39, 0.29) is 0 Å². The second-order valence-corrected chi connectivity index (χ2v) is 2.20. The molecule has 0 amide bonds. The first-order valence-corrected chi connectivity index (χ1v) is 3.36. The molecule has 0 aromatic carbocycles. The summed E-state index contributed by atoms with van der Waals surface area (Å²) in [5.41, 5.74) is 0.818. The van der Waals surface area contributed by atoms with Gasteiger partial charge in [-0.2, -0.15) is 0 Å². The molecule has 0 spiro atoms. The second kappa shape index (κ2) is 3.75. The van der Waals surface area contributed by atoms with E-state index in [0.29, 0.717) is 6.42 Å². The van der Waals surface area contributed by atoms with Gasteiger partial charge >= 0.3 is 0 Å². The maximum Gasteiger partial charge on any atom is 0.0900 e. The third-order valence-corrected chi connectivity index (χ3v) is 1.40. The number of aliphatic hydroxyl groups is 1. The molecule has 1 rings (SSSR count). The van der Waals surface area contributed by atoms with Crippen LogP contribution in [0.15, 0.2) is 24.5 Å². The molecule has 0 fully saturated rings. The lowest BCUT2D eigenvalue weighted by atomic mass is 10.1. The van der Waals surface area contributed by atoms with E-state index >= 15 is 0 Å². The Hall–Kier alpha value is -1.33. The van der Waals surface area contributed by atoms with Crippen LogP contribution in [-0.2, 0) is 0 Å². The fourth-order valence-corrected chi connectivity index (χ4v) is 0.815. The molecule has 0 saturated heterocycles. The Labute approximate surface area is 65.9 Å². The molecular weight excluding hydrogens is 138 g/mol. The topological polar surface area (TPSA) is 33.1 Å². The fourth-order valence-electron chi connectivity index (χ4n) is 0.815. The van der Waals surface area contributed by atoms with Crippen molar-refractivity contribution in [3.05, 3.63) is 30.1 Å². The Kier molecular flexibility index (Phi) is 2.65. The zero-order valence-corrected chi connectivity index (χ0v) is 6.07. The van der Waals surface area contributed by atoms with Crippen LogP contribution in [0.25, 0.3) is 0 Å². The molecule has 0 aliphatic carbocycles. The highest BCUT2D eigenvalue weighted by Crippen LogP contribution is 2.13. The molecule has 0 aliphatic rings. The normalized spacial score (nSPS) is 12.0. The predicted molar refractivity (Wildman–Crippen MR) is 42.6 cm³/mol. The fraction of sp³-hybridized carbons (Fsp3) is 0.222. The zero-order valence-electron chi connectivity index (χ0n) is 6.07. The van der Waals surface area contributed by atoms with Crippen LogP contribution in [0.1, 0.15) is 18.1 Å². The summed E-state index contributed by atoms with van der Waals surface area (Å²) in [4.78, 5) is 3.83. The average Bonchev–Trinajstić information content (AvgIpc) is 2.07. The minimum absolute atomic E-state index is 0.351. The molecule has 11 heavy (non-hydrogen) atoms. The van der Waals surface area contributed by atoms with Crippen molar-refractivity contribution in [3.63, 3.8) is 0 Å². The quantitative estimate of drug-likeness (QED) is 0.636. The largest absolute Gasteiger partial charge is 0.387 e. The third kappa shape index (κ3) is 2.06. The summed E-state index contributed by atoms with van der Waals surface area (Å²) in [6, 6.07) is 3.50. The Morgan fingerprint density at radius 1 is 1.55 bits per heavy atom. The van der Waals surface area contributed by atoms with Crippen molar-refractivity contribution in [3.8, 4) is 12.3 Å². The Morgan fingerprint density at radius 3 is 2.73 bits per heavy atom. The van der Waals surface area contributed by atoms with Crippen LogP contribution >= 0.6 is 0 Å². The molecule has 0 saturated carbocycles. The van der Waals surface area contributed by atoms with Crippen LogP contribution in [0.3, 0.4) is 0 Å². The molecule has 1 unspecified atom stereocenters. The number of hydrogen-bond donors (Lipinski definition) is 1. The van der Waals surface area contributed by atoms with Crippen molar-refractivity contribution < 1.29 is 5.11 Å². The summed E-state index contributed by atoms with van der Waals surface area (Å²) in [5.74, 6) is 2.40. The first-order valence-electron chi connectivity index (χ1n) is 3.36. The van der Waals surface area contributed by atoms with E-state index in [0.717, 1.165) is 5.56 Å². The van der Waals surface area contributed by atoms with E-state index in [9.17, 15) is 5.11 Å². The van der Waals surface area contributed by atoms with Crippen molar-refractivity contribution in [1.82, 2.24) is 4.98 Å². The number of nitrogens with zero attached hydrogens (tertiary/aromatic N) is 1. The number of rotatable bonds is 2. The summed E-state index contributed by atoms with van der Waals surface area (Å²) in [7, 11) is 0. The van der Waals surface area contributed by atoms with Crippen LogP contribution < -0.4 is 0 Å². The first kappa shape index (κ1) is 7.77. The smallest absolute Gasteiger partial charge is 0.0900 e. The van der Waals surface area contributed by atoms with E-state index in [1.54, 1.807) is 24.5 Å². The molecule has 1 atom stereocenters. The highest BCUT2D eigenvalue weighted by atomic mass is 16.3. The molecule has 2 nitrogen and oxygen atoms in total. The summed E-state index contributed by atoms with van der Waals surface area (Å²) in [6.07, 6.45) is 8.11. The van der Waals surface area contributed by atoms with Gasteiger partial charge in [-0.05, 0) is 17.7 Å². The minimum atomic E-state index is -0.553. The van der Waals surface area contributed by atoms with Crippen molar-refractivity contribution in [2.75, 3.05) is 0 Å². The number of terminal acetylenes is 1. The lowest BCUT2D eigenvalue weighted by Crippen LogP contribution is -1.94. The van der Waals surface area contributed by atoms with Gasteiger partial charge in [-0.3, -0.25) is 4.98 Å². The molecule has 0 radical (unpaired) electrons. The van der Waals surface area contributed by atoms with Gasteiger partial charge in [0.15, 0.2) is 0 Å². The highest BCUT2D eigenvalue weighted by molar-refractivity contribution is 5.14. The summed E-state index contributed by atoms with van der Waals surface area (Å²) in [5, 5.41) is 9.35. The van der Waals surface area contributed by atoms with Gasteiger partial charge in [-0.15, -0.1) is 12.3 Å². The molecule has 0 bridgehead atoms. The number of hydrogen-bond acceptors (Lipinski definition) is 2. The van der Waals surface area contributed by atoms with Crippen molar-refractivity contribution >= 4 is 0 Å². The maximum atomic E-state index is 9.35. The molecule has 0 aliphatic heterocycles. The summed E-state index contributed by atoms with van der Waals surface area (Å²) < 4.78 is 0. The van der Waals surface area contributed by atoms with E-state index in [4.69, 9.17) is 6.42 Å². The molecule has 1 aromatic rings. The van der Waals surface area contributed by atoms with Gasteiger partial charge in [-0.1, -0.05) is 0 Å². The number of pyridine rings is 1. The average molecular weight is 147 g/mol. The number of aliphatic hydroxyl groups excluding tert-OH is 1. The van der Waals surface area contributed by atoms with Gasteiger partial charge < -0.3 is 5.11 Å². The Balaban J connectivity index is 2.70. The van der Waals surface area contributed by atoms with Gasteiger partial charge in [0.25, 0.3) is 0 Å².